The zero-order valence-electron chi connectivity index (χ0n) is 9.76. The lowest BCUT2D eigenvalue weighted by atomic mass is 10.1. The van der Waals surface area contributed by atoms with Gasteiger partial charge < -0.3 is 10.6 Å². The van der Waals surface area contributed by atoms with Crippen LogP contribution in [0.3, 0.4) is 0 Å². The first-order chi connectivity index (χ1) is 7.72. The van der Waals surface area contributed by atoms with Crippen molar-refractivity contribution in [2.24, 2.45) is 5.73 Å². The van der Waals surface area contributed by atoms with Gasteiger partial charge in [-0.1, -0.05) is 30.3 Å². The highest BCUT2D eigenvalue weighted by molar-refractivity contribution is 5.14. The molecule has 0 aliphatic carbocycles. The van der Waals surface area contributed by atoms with Crippen molar-refractivity contribution < 1.29 is 0 Å². The van der Waals surface area contributed by atoms with Crippen LogP contribution in [0.15, 0.2) is 30.3 Å². The van der Waals surface area contributed by atoms with Gasteiger partial charge in [0.25, 0.3) is 0 Å². The fourth-order valence-corrected chi connectivity index (χ4v) is 1.50. The molecule has 1 rings (SSSR count). The van der Waals surface area contributed by atoms with E-state index in [1.165, 1.54) is 5.56 Å². The number of rotatable bonds is 6. The van der Waals surface area contributed by atoms with Gasteiger partial charge >= 0.3 is 0 Å². The normalized spacial score (nSPS) is 12.4. The quantitative estimate of drug-likeness (QED) is 0.783. The maximum atomic E-state index is 8.56. The Morgan fingerprint density at radius 1 is 1.31 bits per heavy atom. The second-order valence-electron chi connectivity index (χ2n) is 4.06. The minimum atomic E-state index is -0.334. The van der Waals surface area contributed by atoms with E-state index in [4.69, 9.17) is 11.0 Å². The van der Waals surface area contributed by atoms with Gasteiger partial charge in [0.15, 0.2) is 0 Å². The molecule has 0 bridgehead atoms. The van der Waals surface area contributed by atoms with Gasteiger partial charge in [-0.25, -0.2) is 0 Å². The highest BCUT2D eigenvalue weighted by Gasteiger charge is 2.03. The van der Waals surface area contributed by atoms with Crippen molar-refractivity contribution in [3.8, 4) is 6.07 Å². The van der Waals surface area contributed by atoms with Gasteiger partial charge in [-0.15, -0.1) is 0 Å². The summed E-state index contributed by atoms with van der Waals surface area (Å²) in [6.07, 6.45) is 1.78. The molecule has 86 valence electrons. The number of hydrogen-bond acceptors (Lipinski definition) is 3. The molecule has 0 amide bonds. The van der Waals surface area contributed by atoms with Crippen molar-refractivity contribution in [2.45, 2.75) is 18.9 Å². The van der Waals surface area contributed by atoms with Gasteiger partial charge in [-0.2, -0.15) is 5.26 Å². The van der Waals surface area contributed by atoms with Crippen molar-refractivity contribution in [1.29, 1.82) is 5.26 Å². The van der Waals surface area contributed by atoms with E-state index in [0.29, 0.717) is 0 Å². The Hall–Kier alpha value is -1.37. The Kier molecular flexibility index (Phi) is 5.55. The maximum absolute atomic E-state index is 8.56. The summed E-state index contributed by atoms with van der Waals surface area (Å²) in [5, 5.41) is 8.56. The molecule has 0 aliphatic rings. The Morgan fingerprint density at radius 3 is 2.62 bits per heavy atom. The van der Waals surface area contributed by atoms with Crippen molar-refractivity contribution in [2.75, 3.05) is 20.1 Å². The van der Waals surface area contributed by atoms with Crippen molar-refractivity contribution in [3.63, 3.8) is 0 Å². The SMILES string of the molecule is CN(CCc1ccccc1)CCC(N)C#N. The van der Waals surface area contributed by atoms with E-state index in [0.717, 1.165) is 25.9 Å². The molecule has 0 aliphatic heterocycles. The summed E-state index contributed by atoms with van der Waals surface area (Å²) in [5.41, 5.74) is 6.89. The summed E-state index contributed by atoms with van der Waals surface area (Å²) >= 11 is 0. The largest absolute Gasteiger partial charge is 0.316 e. The second-order valence-corrected chi connectivity index (χ2v) is 4.06. The summed E-state index contributed by atoms with van der Waals surface area (Å²) in [4.78, 5) is 2.21. The van der Waals surface area contributed by atoms with Gasteiger partial charge in [0.1, 0.15) is 0 Å². The lowest BCUT2D eigenvalue weighted by molar-refractivity contribution is 0.329. The molecule has 16 heavy (non-hydrogen) atoms. The number of nitriles is 1. The third kappa shape index (κ3) is 4.92. The predicted molar refractivity (Wildman–Crippen MR) is 65.8 cm³/mol. The van der Waals surface area contributed by atoms with Crippen LogP contribution in [-0.4, -0.2) is 31.1 Å². The van der Waals surface area contributed by atoms with E-state index in [9.17, 15) is 0 Å². The summed E-state index contributed by atoms with van der Waals surface area (Å²) in [6, 6.07) is 12.1. The molecule has 0 saturated heterocycles. The summed E-state index contributed by atoms with van der Waals surface area (Å²) in [7, 11) is 2.06. The predicted octanol–water partition coefficient (Wildman–Crippen LogP) is 1.40. The minimum absolute atomic E-state index is 0.334. The smallest absolute Gasteiger partial charge is 0.0940 e. The topological polar surface area (TPSA) is 53.0 Å². The lowest BCUT2D eigenvalue weighted by Crippen LogP contribution is -2.28. The third-order valence-electron chi connectivity index (χ3n) is 2.61. The first-order valence-electron chi connectivity index (χ1n) is 5.60. The highest BCUT2D eigenvalue weighted by Crippen LogP contribution is 2.01. The van der Waals surface area contributed by atoms with Gasteiger partial charge in [0.2, 0.25) is 0 Å². The van der Waals surface area contributed by atoms with Crippen LogP contribution < -0.4 is 5.73 Å². The van der Waals surface area contributed by atoms with Gasteiger partial charge in [0.05, 0.1) is 12.1 Å². The summed E-state index contributed by atoms with van der Waals surface area (Å²) < 4.78 is 0. The molecule has 3 nitrogen and oxygen atoms in total. The monoisotopic (exact) mass is 217 g/mol. The zero-order valence-corrected chi connectivity index (χ0v) is 9.76. The average Bonchev–Trinajstić information content (AvgIpc) is 2.34. The van der Waals surface area contributed by atoms with Crippen molar-refractivity contribution in [3.05, 3.63) is 35.9 Å². The van der Waals surface area contributed by atoms with Crippen molar-refractivity contribution in [1.82, 2.24) is 4.90 Å². The fourth-order valence-electron chi connectivity index (χ4n) is 1.50. The van der Waals surface area contributed by atoms with Crippen molar-refractivity contribution >= 4 is 0 Å². The zero-order chi connectivity index (χ0) is 11.8. The van der Waals surface area contributed by atoms with E-state index >= 15 is 0 Å². The number of nitrogens with zero attached hydrogens (tertiary/aromatic N) is 2. The number of hydrogen-bond donors (Lipinski definition) is 1. The Bertz CT molecular complexity index is 329. The summed E-state index contributed by atoms with van der Waals surface area (Å²) in [5.74, 6) is 0. The van der Waals surface area contributed by atoms with Crippen LogP contribution in [0.1, 0.15) is 12.0 Å². The van der Waals surface area contributed by atoms with Crippen LogP contribution in [0, 0.1) is 11.3 Å². The number of benzene rings is 1. The molecule has 3 heteroatoms. The van der Waals surface area contributed by atoms with E-state index in [1.807, 2.05) is 12.1 Å². The molecular formula is C13H19N3. The van der Waals surface area contributed by atoms with Crippen LogP contribution >= 0.6 is 0 Å². The first kappa shape index (κ1) is 12.7. The van der Waals surface area contributed by atoms with Gasteiger partial charge in [-0.05, 0) is 25.5 Å². The van der Waals surface area contributed by atoms with E-state index in [1.54, 1.807) is 0 Å². The standard InChI is InChI=1S/C13H19N3/c1-16(10-8-13(15)11-14)9-7-12-5-3-2-4-6-12/h2-6,13H,7-10,15H2,1H3. The maximum Gasteiger partial charge on any atom is 0.0940 e. The molecule has 1 aromatic rings. The third-order valence-corrected chi connectivity index (χ3v) is 2.61. The van der Waals surface area contributed by atoms with Crippen LogP contribution in [0.5, 0.6) is 0 Å². The fraction of sp³-hybridized carbons (Fsp3) is 0.462. The molecule has 0 radical (unpaired) electrons. The van der Waals surface area contributed by atoms with Gasteiger partial charge in [0, 0.05) is 13.1 Å². The molecular weight excluding hydrogens is 198 g/mol. The molecule has 1 unspecified atom stereocenters. The highest BCUT2D eigenvalue weighted by atomic mass is 15.1. The first-order valence-corrected chi connectivity index (χ1v) is 5.60. The average molecular weight is 217 g/mol. The Balaban J connectivity index is 2.21. The second kappa shape index (κ2) is 7.00. The van der Waals surface area contributed by atoms with Crippen LogP contribution in [0.4, 0.5) is 0 Å². The number of likely N-dealkylation sites (N-methyl/N-ethyl adjacent to an activating group) is 1. The molecule has 0 aromatic heterocycles. The Labute approximate surface area is 97.5 Å². The lowest BCUT2D eigenvalue weighted by Gasteiger charge is -2.16. The molecule has 2 N–H and O–H groups in total. The molecule has 1 atom stereocenters. The van der Waals surface area contributed by atoms with Crippen LogP contribution in [0.25, 0.3) is 0 Å². The minimum Gasteiger partial charge on any atom is -0.316 e. The molecule has 1 aromatic carbocycles. The molecule has 0 spiro atoms. The molecule has 0 fully saturated rings. The van der Waals surface area contributed by atoms with E-state index in [-0.39, 0.29) is 6.04 Å². The van der Waals surface area contributed by atoms with Crippen LogP contribution in [0.2, 0.25) is 0 Å². The van der Waals surface area contributed by atoms with Gasteiger partial charge in [-0.3, -0.25) is 0 Å². The van der Waals surface area contributed by atoms with E-state index in [2.05, 4.69) is 36.2 Å². The number of nitrogens with two attached hydrogens (primary N) is 1. The Morgan fingerprint density at radius 2 is 2.00 bits per heavy atom. The molecule has 0 heterocycles. The van der Waals surface area contributed by atoms with Crippen LogP contribution in [-0.2, 0) is 6.42 Å². The van der Waals surface area contributed by atoms with E-state index < -0.39 is 0 Å². The summed E-state index contributed by atoms with van der Waals surface area (Å²) in [6.45, 7) is 1.88. The molecule has 0 saturated carbocycles.